The maximum Gasteiger partial charge on any atom is 0.416 e. The topological polar surface area (TPSA) is 49.4 Å². The van der Waals surface area contributed by atoms with E-state index < -0.39 is 11.7 Å². The highest BCUT2D eigenvalue weighted by Gasteiger charge is 2.30. The maximum atomic E-state index is 12.8. The van der Waals surface area contributed by atoms with Crippen LogP contribution in [0.5, 0.6) is 0 Å². The van der Waals surface area contributed by atoms with E-state index in [2.05, 4.69) is 10.2 Å². The van der Waals surface area contributed by atoms with Crippen LogP contribution in [0.3, 0.4) is 0 Å². The molecule has 30 heavy (non-hydrogen) atoms. The first-order valence-electron chi connectivity index (χ1n) is 10.1. The molecule has 160 valence electrons. The van der Waals surface area contributed by atoms with Gasteiger partial charge in [-0.1, -0.05) is 18.2 Å². The molecule has 0 radical (unpaired) electrons. The molecule has 0 spiro atoms. The average molecular weight is 418 g/mol. The molecular formula is C23H25F3N2O2. The van der Waals surface area contributed by atoms with Crippen molar-refractivity contribution >= 4 is 17.9 Å². The van der Waals surface area contributed by atoms with Crippen LogP contribution in [-0.2, 0) is 17.4 Å². The number of anilines is 1. The lowest BCUT2D eigenvalue weighted by Crippen LogP contribution is -2.40. The van der Waals surface area contributed by atoms with Crippen LogP contribution in [-0.4, -0.2) is 31.8 Å². The fourth-order valence-corrected chi connectivity index (χ4v) is 3.72. The van der Waals surface area contributed by atoms with E-state index in [1.165, 1.54) is 12.1 Å². The molecule has 3 rings (SSSR count). The number of aryl methyl sites for hydroxylation is 1. The van der Waals surface area contributed by atoms with E-state index in [9.17, 15) is 22.8 Å². The van der Waals surface area contributed by atoms with E-state index in [1.807, 2.05) is 12.1 Å². The quantitative estimate of drug-likeness (QED) is 0.533. The Balaban J connectivity index is 1.39. The van der Waals surface area contributed by atoms with Gasteiger partial charge >= 0.3 is 6.18 Å². The second-order valence-electron chi connectivity index (χ2n) is 7.56. The molecule has 0 unspecified atom stereocenters. The summed E-state index contributed by atoms with van der Waals surface area (Å²) in [6, 6.07) is 12.7. The molecule has 0 saturated carbocycles. The normalized spacial score (nSPS) is 15.1. The highest BCUT2D eigenvalue weighted by atomic mass is 19.4. The number of alkyl halides is 3. The molecule has 0 bridgehead atoms. The number of halogens is 3. The van der Waals surface area contributed by atoms with Crippen LogP contribution in [0.2, 0.25) is 0 Å². The molecule has 1 N–H and O–H groups in total. The van der Waals surface area contributed by atoms with Gasteiger partial charge in [0.25, 0.3) is 0 Å². The minimum absolute atomic E-state index is 0.00925. The molecule has 1 heterocycles. The van der Waals surface area contributed by atoms with Gasteiger partial charge in [0, 0.05) is 36.8 Å². The predicted octanol–water partition coefficient (Wildman–Crippen LogP) is 4.48. The Morgan fingerprint density at radius 1 is 1.10 bits per heavy atom. The summed E-state index contributed by atoms with van der Waals surface area (Å²) in [5, 5.41) is 2.92. The van der Waals surface area contributed by atoms with Crippen LogP contribution in [0.25, 0.3) is 0 Å². The van der Waals surface area contributed by atoms with Crippen molar-refractivity contribution in [3.63, 3.8) is 0 Å². The largest absolute Gasteiger partial charge is 0.416 e. The number of benzene rings is 2. The van der Waals surface area contributed by atoms with Gasteiger partial charge in [0.1, 0.15) is 6.29 Å². The highest BCUT2D eigenvalue weighted by Crippen LogP contribution is 2.29. The third-order valence-electron chi connectivity index (χ3n) is 5.46. The molecule has 0 aliphatic carbocycles. The molecule has 1 saturated heterocycles. The van der Waals surface area contributed by atoms with Crippen molar-refractivity contribution in [2.45, 2.75) is 31.9 Å². The van der Waals surface area contributed by atoms with Crippen molar-refractivity contribution in [3.8, 4) is 0 Å². The summed E-state index contributed by atoms with van der Waals surface area (Å²) in [5.41, 5.74) is 1.66. The molecule has 4 nitrogen and oxygen atoms in total. The first kappa shape index (κ1) is 21.9. The molecule has 1 aliphatic heterocycles. The fraction of sp³-hybridized carbons (Fsp3) is 0.391. The maximum absolute atomic E-state index is 12.8. The van der Waals surface area contributed by atoms with Crippen molar-refractivity contribution in [2.75, 3.05) is 24.5 Å². The SMILES string of the molecule is O=Cc1ccc(N2CCC(C(=O)NCCCc3cccc(C(F)(F)F)c3)CC2)cc1. The lowest BCUT2D eigenvalue weighted by molar-refractivity contribution is -0.137. The van der Waals surface area contributed by atoms with Crippen LogP contribution in [0.4, 0.5) is 18.9 Å². The zero-order valence-corrected chi connectivity index (χ0v) is 16.6. The van der Waals surface area contributed by atoms with Crippen LogP contribution >= 0.6 is 0 Å². The van der Waals surface area contributed by atoms with E-state index in [-0.39, 0.29) is 11.8 Å². The van der Waals surface area contributed by atoms with Gasteiger partial charge in [-0.05, 0) is 61.6 Å². The number of rotatable bonds is 7. The van der Waals surface area contributed by atoms with Gasteiger partial charge in [0.05, 0.1) is 5.56 Å². The lowest BCUT2D eigenvalue weighted by Gasteiger charge is -2.33. The minimum atomic E-state index is -4.34. The Hall–Kier alpha value is -2.83. The summed E-state index contributed by atoms with van der Waals surface area (Å²) in [4.78, 5) is 25.4. The predicted molar refractivity (Wildman–Crippen MR) is 110 cm³/mol. The minimum Gasteiger partial charge on any atom is -0.371 e. The summed E-state index contributed by atoms with van der Waals surface area (Å²) >= 11 is 0. The molecule has 1 aliphatic rings. The molecule has 0 atom stereocenters. The Morgan fingerprint density at radius 2 is 1.80 bits per heavy atom. The van der Waals surface area contributed by atoms with Crippen molar-refractivity contribution in [1.29, 1.82) is 0 Å². The van der Waals surface area contributed by atoms with Gasteiger partial charge < -0.3 is 10.2 Å². The number of amides is 1. The average Bonchev–Trinajstić information content (AvgIpc) is 2.76. The standard InChI is InChI=1S/C23H25F3N2O2/c24-23(25,26)20-5-1-3-17(15-20)4-2-12-27-22(30)19-10-13-28(14-11-19)21-8-6-18(16-29)7-9-21/h1,3,5-9,15-16,19H,2,4,10-14H2,(H,27,30). The smallest absolute Gasteiger partial charge is 0.371 e. The van der Waals surface area contributed by atoms with E-state index >= 15 is 0 Å². The Labute approximate surface area is 174 Å². The molecule has 0 aromatic heterocycles. The van der Waals surface area contributed by atoms with E-state index in [1.54, 1.807) is 18.2 Å². The molecule has 2 aromatic carbocycles. The van der Waals surface area contributed by atoms with Crippen molar-refractivity contribution < 1.29 is 22.8 Å². The second kappa shape index (κ2) is 9.78. The number of nitrogens with one attached hydrogen (secondary N) is 1. The van der Waals surface area contributed by atoms with E-state index in [0.29, 0.717) is 30.5 Å². The van der Waals surface area contributed by atoms with Crippen LogP contribution in [0, 0.1) is 5.92 Å². The number of piperidine rings is 1. The number of aldehydes is 1. The van der Waals surface area contributed by atoms with E-state index in [4.69, 9.17) is 0 Å². The fourth-order valence-electron chi connectivity index (χ4n) is 3.72. The second-order valence-corrected chi connectivity index (χ2v) is 7.56. The lowest BCUT2D eigenvalue weighted by atomic mass is 9.95. The summed E-state index contributed by atoms with van der Waals surface area (Å²) < 4.78 is 38.3. The Morgan fingerprint density at radius 3 is 2.43 bits per heavy atom. The zero-order chi connectivity index (χ0) is 21.6. The summed E-state index contributed by atoms with van der Waals surface area (Å²) in [6.45, 7) is 1.98. The van der Waals surface area contributed by atoms with Gasteiger partial charge in [-0.2, -0.15) is 13.2 Å². The van der Waals surface area contributed by atoms with Crippen molar-refractivity contribution in [3.05, 3.63) is 65.2 Å². The number of hydrogen-bond acceptors (Lipinski definition) is 3. The van der Waals surface area contributed by atoms with Gasteiger partial charge in [-0.3, -0.25) is 9.59 Å². The number of carbonyl (C=O) groups excluding carboxylic acids is 2. The summed E-state index contributed by atoms with van der Waals surface area (Å²) in [5.74, 6) is -0.0425. The third-order valence-corrected chi connectivity index (χ3v) is 5.46. The number of nitrogens with zero attached hydrogens (tertiary/aromatic N) is 1. The first-order chi connectivity index (χ1) is 14.4. The highest BCUT2D eigenvalue weighted by molar-refractivity contribution is 5.79. The van der Waals surface area contributed by atoms with Crippen LogP contribution in [0.1, 0.15) is 40.7 Å². The molecule has 7 heteroatoms. The Bertz CT molecular complexity index is 857. The van der Waals surface area contributed by atoms with Gasteiger partial charge in [-0.25, -0.2) is 0 Å². The monoisotopic (exact) mass is 418 g/mol. The van der Waals surface area contributed by atoms with Crippen molar-refractivity contribution in [2.24, 2.45) is 5.92 Å². The molecule has 1 amide bonds. The zero-order valence-electron chi connectivity index (χ0n) is 16.6. The first-order valence-corrected chi connectivity index (χ1v) is 10.1. The number of hydrogen-bond donors (Lipinski definition) is 1. The number of carbonyl (C=O) groups is 2. The van der Waals surface area contributed by atoms with Gasteiger partial charge in [0.15, 0.2) is 0 Å². The van der Waals surface area contributed by atoms with Gasteiger partial charge in [-0.15, -0.1) is 0 Å². The molecule has 1 fully saturated rings. The third kappa shape index (κ3) is 5.84. The molecule has 2 aromatic rings. The van der Waals surface area contributed by atoms with Crippen LogP contribution in [0.15, 0.2) is 48.5 Å². The van der Waals surface area contributed by atoms with Crippen molar-refractivity contribution in [1.82, 2.24) is 5.32 Å². The Kier molecular flexibility index (Phi) is 7.13. The molecular weight excluding hydrogens is 393 g/mol. The summed E-state index contributed by atoms with van der Waals surface area (Å²) in [6.07, 6.45) is -0.957. The van der Waals surface area contributed by atoms with E-state index in [0.717, 1.165) is 44.0 Å². The van der Waals surface area contributed by atoms with Crippen LogP contribution < -0.4 is 10.2 Å². The summed E-state index contributed by atoms with van der Waals surface area (Å²) in [7, 11) is 0. The van der Waals surface area contributed by atoms with Gasteiger partial charge in [0.2, 0.25) is 5.91 Å².